The molecule has 0 radical (unpaired) electrons. The van der Waals surface area contributed by atoms with Gasteiger partial charge < -0.3 is 15.4 Å². The molecule has 0 fully saturated rings. The number of carbonyl (C=O) groups excluding carboxylic acids is 1. The molecular weight excluding hydrogens is 322 g/mol. The van der Waals surface area contributed by atoms with Gasteiger partial charge in [-0.15, -0.1) is 12.4 Å². The molecule has 0 atom stereocenters. The molecule has 7 nitrogen and oxygen atoms in total. The average Bonchev–Trinajstić information content (AvgIpc) is 2.50. The Bertz CT molecular complexity index is 506. The van der Waals surface area contributed by atoms with Crippen molar-refractivity contribution < 1.29 is 14.5 Å². The first-order chi connectivity index (χ1) is 10.4. The number of amides is 1. The van der Waals surface area contributed by atoms with E-state index >= 15 is 0 Å². The van der Waals surface area contributed by atoms with Gasteiger partial charge in [0.05, 0.1) is 16.9 Å². The Morgan fingerprint density at radius 2 is 1.83 bits per heavy atom. The fourth-order valence-corrected chi connectivity index (χ4v) is 1.92. The van der Waals surface area contributed by atoms with E-state index in [9.17, 15) is 14.9 Å². The molecule has 0 saturated heterocycles. The Labute approximate surface area is 142 Å². The monoisotopic (exact) mass is 345 g/mol. The quantitative estimate of drug-likeness (QED) is 0.403. The van der Waals surface area contributed by atoms with Gasteiger partial charge in [0.2, 0.25) is 5.91 Å². The first-order valence-corrected chi connectivity index (χ1v) is 7.12. The molecule has 0 saturated carbocycles. The lowest BCUT2D eigenvalue weighted by atomic mass is 9.83. The van der Waals surface area contributed by atoms with Crippen molar-refractivity contribution in [3.05, 3.63) is 39.9 Å². The normalized spacial score (nSPS) is 10.7. The van der Waals surface area contributed by atoms with E-state index in [1.165, 1.54) is 12.1 Å². The lowest BCUT2D eigenvalue weighted by Gasteiger charge is -2.24. The zero-order chi connectivity index (χ0) is 16.6. The Kier molecular flexibility index (Phi) is 9.40. The number of hydrogen-bond donors (Lipinski definition) is 2. The van der Waals surface area contributed by atoms with Crippen LogP contribution < -0.4 is 10.6 Å². The predicted octanol–water partition coefficient (Wildman–Crippen LogP) is 1.65. The molecule has 2 N–H and O–H groups in total. The number of carbonyl (C=O) groups is 1. The Balaban J connectivity index is 0.00000484. The topological polar surface area (TPSA) is 93.5 Å². The molecule has 1 aromatic carbocycles. The number of halogens is 1. The SMILES string of the molecule is COCCNCCNC(=O)C(C)(C)c1ccc([N+](=O)[O-])cc1.Cl. The van der Waals surface area contributed by atoms with Crippen molar-refractivity contribution >= 4 is 24.0 Å². The van der Waals surface area contributed by atoms with Gasteiger partial charge in [0.15, 0.2) is 0 Å². The van der Waals surface area contributed by atoms with E-state index in [2.05, 4.69) is 10.6 Å². The van der Waals surface area contributed by atoms with Crippen molar-refractivity contribution in [2.75, 3.05) is 33.4 Å². The molecule has 0 unspecified atom stereocenters. The molecule has 0 heterocycles. The van der Waals surface area contributed by atoms with E-state index < -0.39 is 10.3 Å². The van der Waals surface area contributed by atoms with E-state index in [-0.39, 0.29) is 24.0 Å². The van der Waals surface area contributed by atoms with E-state index in [4.69, 9.17) is 4.74 Å². The van der Waals surface area contributed by atoms with Gasteiger partial charge in [0.25, 0.3) is 5.69 Å². The minimum Gasteiger partial charge on any atom is -0.383 e. The highest BCUT2D eigenvalue weighted by molar-refractivity contribution is 5.87. The van der Waals surface area contributed by atoms with Crippen molar-refractivity contribution in [1.82, 2.24) is 10.6 Å². The number of hydrogen-bond acceptors (Lipinski definition) is 5. The molecule has 1 amide bonds. The molecule has 0 aliphatic rings. The molecule has 0 aliphatic heterocycles. The maximum absolute atomic E-state index is 12.3. The van der Waals surface area contributed by atoms with Gasteiger partial charge in [-0.25, -0.2) is 0 Å². The van der Waals surface area contributed by atoms with Crippen LogP contribution >= 0.6 is 12.4 Å². The van der Waals surface area contributed by atoms with Crippen LogP contribution in [-0.2, 0) is 14.9 Å². The molecule has 1 aromatic rings. The Morgan fingerprint density at radius 3 is 2.35 bits per heavy atom. The number of ether oxygens (including phenoxy) is 1. The van der Waals surface area contributed by atoms with Crippen LogP contribution in [0.15, 0.2) is 24.3 Å². The van der Waals surface area contributed by atoms with Crippen LogP contribution in [0.4, 0.5) is 5.69 Å². The summed E-state index contributed by atoms with van der Waals surface area (Å²) in [5.41, 5.74) is 0.00650. The number of rotatable bonds is 9. The molecule has 1 rings (SSSR count). The summed E-state index contributed by atoms with van der Waals surface area (Å²) in [6.45, 7) is 6.12. The van der Waals surface area contributed by atoms with Gasteiger partial charge in [-0.3, -0.25) is 14.9 Å². The fourth-order valence-electron chi connectivity index (χ4n) is 1.92. The van der Waals surface area contributed by atoms with Crippen LogP contribution in [0.3, 0.4) is 0 Å². The maximum atomic E-state index is 12.3. The summed E-state index contributed by atoms with van der Waals surface area (Å²) in [6.07, 6.45) is 0. The number of methoxy groups -OCH3 is 1. The van der Waals surface area contributed by atoms with Crippen molar-refractivity contribution in [3.63, 3.8) is 0 Å². The summed E-state index contributed by atoms with van der Waals surface area (Å²) in [5.74, 6) is -0.116. The highest BCUT2D eigenvalue weighted by Gasteiger charge is 2.29. The fraction of sp³-hybridized carbons (Fsp3) is 0.533. The largest absolute Gasteiger partial charge is 0.383 e. The van der Waals surface area contributed by atoms with Crippen LogP contribution in [-0.4, -0.2) is 44.2 Å². The molecular formula is C15H24ClN3O4. The standard InChI is InChI=1S/C15H23N3O4.ClH/c1-15(2,12-4-6-13(7-5-12)18(20)21)14(19)17-9-8-16-10-11-22-3;/h4-7,16H,8-11H2,1-3H3,(H,17,19);1H. The van der Waals surface area contributed by atoms with E-state index in [0.717, 1.165) is 12.1 Å². The van der Waals surface area contributed by atoms with Crippen LogP contribution in [0, 0.1) is 10.1 Å². The lowest BCUT2D eigenvalue weighted by Crippen LogP contribution is -2.42. The van der Waals surface area contributed by atoms with Crippen molar-refractivity contribution in [2.24, 2.45) is 0 Å². The van der Waals surface area contributed by atoms with Crippen molar-refractivity contribution in [3.8, 4) is 0 Å². The summed E-state index contributed by atoms with van der Waals surface area (Å²) in [7, 11) is 1.64. The number of non-ortho nitro benzene ring substituents is 1. The third-order valence-electron chi connectivity index (χ3n) is 3.44. The zero-order valence-corrected chi connectivity index (χ0v) is 14.4. The Morgan fingerprint density at radius 1 is 1.22 bits per heavy atom. The van der Waals surface area contributed by atoms with Gasteiger partial charge in [-0.2, -0.15) is 0 Å². The van der Waals surface area contributed by atoms with Crippen LogP contribution in [0.1, 0.15) is 19.4 Å². The number of nitrogens with one attached hydrogen (secondary N) is 2. The molecule has 0 bridgehead atoms. The van der Waals surface area contributed by atoms with Gasteiger partial charge in [-0.1, -0.05) is 12.1 Å². The van der Waals surface area contributed by atoms with Crippen LogP contribution in [0.5, 0.6) is 0 Å². The third kappa shape index (κ3) is 6.52. The second kappa shape index (κ2) is 10.1. The average molecular weight is 346 g/mol. The summed E-state index contributed by atoms with van der Waals surface area (Å²) < 4.78 is 4.91. The lowest BCUT2D eigenvalue weighted by molar-refractivity contribution is -0.384. The van der Waals surface area contributed by atoms with Gasteiger partial charge >= 0.3 is 0 Å². The minimum absolute atomic E-state index is 0. The molecule has 0 aromatic heterocycles. The summed E-state index contributed by atoms with van der Waals surface area (Å²) in [6, 6.07) is 6.07. The first kappa shape index (κ1) is 21.3. The summed E-state index contributed by atoms with van der Waals surface area (Å²) in [5, 5.41) is 16.7. The summed E-state index contributed by atoms with van der Waals surface area (Å²) >= 11 is 0. The molecule has 23 heavy (non-hydrogen) atoms. The number of nitro groups is 1. The predicted molar refractivity (Wildman–Crippen MR) is 91.1 cm³/mol. The number of benzene rings is 1. The van der Waals surface area contributed by atoms with E-state index in [0.29, 0.717) is 19.7 Å². The Hall–Kier alpha value is -1.70. The highest BCUT2D eigenvalue weighted by atomic mass is 35.5. The second-order valence-electron chi connectivity index (χ2n) is 5.43. The third-order valence-corrected chi connectivity index (χ3v) is 3.44. The number of nitro benzene ring substituents is 1. The molecule has 8 heteroatoms. The highest BCUT2D eigenvalue weighted by Crippen LogP contribution is 2.25. The van der Waals surface area contributed by atoms with E-state index in [1.54, 1.807) is 33.1 Å². The van der Waals surface area contributed by atoms with E-state index in [1.807, 2.05) is 0 Å². The van der Waals surface area contributed by atoms with Crippen LogP contribution in [0.2, 0.25) is 0 Å². The summed E-state index contributed by atoms with van der Waals surface area (Å²) in [4.78, 5) is 22.5. The van der Waals surface area contributed by atoms with Gasteiger partial charge in [0.1, 0.15) is 0 Å². The molecule has 0 spiro atoms. The number of nitrogens with zero attached hydrogens (tertiary/aromatic N) is 1. The zero-order valence-electron chi connectivity index (χ0n) is 13.6. The smallest absolute Gasteiger partial charge is 0.269 e. The van der Waals surface area contributed by atoms with Crippen LogP contribution in [0.25, 0.3) is 0 Å². The van der Waals surface area contributed by atoms with Crippen molar-refractivity contribution in [1.29, 1.82) is 0 Å². The molecule has 130 valence electrons. The maximum Gasteiger partial charge on any atom is 0.269 e. The van der Waals surface area contributed by atoms with Crippen molar-refractivity contribution in [2.45, 2.75) is 19.3 Å². The minimum atomic E-state index is -0.748. The second-order valence-corrected chi connectivity index (χ2v) is 5.43. The molecule has 0 aliphatic carbocycles. The first-order valence-electron chi connectivity index (χ1n) is 7.12. The van der Waals surface area contributed by atoms with Gasteiger partial charge in [-0.05, 0) is 19.4 Å². The van der Waals surface area contributed by atoms with Gasteiger partial charge in [0, 0.05) is 38.9 Å².